The number of sulfonamides is 1. The van der Waals surface area contributed by atoms with Gasteiger partial charge in [-0.2, -0.15) is 0 Å². The minimum atomic E-state index is -3.37. The van der Waals surface area contributed by atoms with E-state index in [0.29, 0.717) is 11.4 Å². The first-order chi connectivity index (χ1) is 9.57. The molecule has 0 amide bonds. The predicted molar refractivity (Wildman–Crippen MR) is 81.5 cm³/mol. The van der Waals surface area contributed by atoms with E-state index in [0.717, 1.165) is 11.1 Å². The van der Waals surface area contributed by atoms with Crippen LogP contribution in [0.2, 0.25) is 0 Å². The molecule has 2 rings (SSSR count). The molecule has 5 heteroatoms. The molecule has 0 aliphatic carbocycles. The Hall–Kier alpha value is -2.01. The summed E-state index contributed by atoms with van der Waals surface area (Å²) in [4.78, 5) is 0. The summed E-state index contributed by atoms with van der Waals surface area (Å²) in [5, 5.41) is 0. The Labute approximate surface area is 119 Å². The lowest BCUT2D eigenvalue weighted by molar-refractivity contribution is 0.417. The topological polar surface area (TPSA) is 55.4 Å². The smallest absolute Gasteiger partial charge is 0.232 e. The molecule has 0 unspecified atom stereocenters. The van der Waals surface area contributed by atoms with Crippen molar-refractivity contribution < 1.29 is 13.2 Å². The summed E-state index contributed by atoms with van der Waals surface area (Å²) < 4.78 is 31.6. The van der Waals surface area contributed by atoms with Crippen molar-refractivity contribution in [3.05, 3.63) is 48.5 Å². The highest BCUT2D eigenvalue weighted by atomic mass is 32.2. The van der Waals surface area contributed by atoms with Crippen molar-refractivity contribution in [2.75, 3.05) is 17.6 Å². The normalized spacial score (nSPS) is 11.1. The molecule has 0 spiro atoms. The largest absolute Gasteiger partial charge is 0.495 e. The van der Waals surface area contributed by atoms with Crippen molar-refractivity contribution in [1.29, 1.82) is 0 Å². The van der Waals surface area contributed by atoms with E-state index in [1.807, 2.05) is 42.5 Å². The summed E-state index contributed by atoms with van der Waals surface area (Å²) in [6, 6.07) is 15.0. The Balaban J connectivity index is 2.58. The van der Waals surface area contributed by atoms with Gasteiger partial charge in [0.05, 0.1) is 18.6 Å². The van der Waals surface area contributed by atoms with E-state index in [4.69, 9.17) is 4.74 Å². The van der Waals surface area contributed by atoms with E-state index in [-0.39, 0.29) is 5.75 Å². The van der Waals surface area contributed by atoms with E-state index in [1.54, 1.807) is 13.0 Å². The van der Waals surface area contributed by atoms with Crippen LogP contribution in [0.5, 0.6) is 5.75 Å². The monoisotopic (exact) mass is 291 g/mol. The number of ether oxygens (including phenoxy) is 1. The maximum absolute atomic E-state index is 11.9. The third-order valence-electron chi connectivity index (χ3n) is 2.97. The summed E-state index contributed by atoms with van der Waals surface area (Å²) >= 11 is 0. The van der Waals surface area contributed by atoms with Gasteiger partial charge in [0.1, 0.15) is 5.75 Å². The zero-order valence-electron chi connectivity index (χ0n) is 11.5. The fourth-order valence-electron chi connectivity index (χ4n) is 1.89. The van der Waals surface area contributed by atoms with Crippen LogP contribution in [0.3, 0.4) is 0 Å². The van der Waals surface area contributed by atoms with E-state index >= 15 is 0 Å². The number of anilines is 1. The van der Waals surface area contributed by atoms with Crippen LogP contribution in [0.15, 0.2) is 48.5 Å². The Bertz CT molecular complexity index is 682. The highest BCUT2D eigenvalue weighted by Gasteiger charge is 2.16. The zero-order chi connectivity index (χ0) is 14.6. The molecule has 0 heterocycles. The molecule has 2 aromatic rings. The Morgan fingerprint density at radius 1 is 1.05 bits per heavy atom. The van der Waals surface area contributed by atoms with Crippen LogP contribution < -0.4 is 9.46 Å². The van der Waals surface area contributed by atoms with E-state index in [2.05, 4.69) is 4.72 Å². The van der Waals surface area contributed by atoms with Crippen molar-refractivity contribution in [3.63, 3.8) is 0 Å². The highest BCUT2D eigenvalue weighted by Crippen LogP contribution is 2.36. The molecule has 2 aromatic carbocycles. The first-order valence-electron chi connectivity index (χ1n) is 6.30. The molecule has 20 heavy (non-hydrogen) atoms. The molecule has 0 aromatic heterocycles. The number of para-hydroxylation sites is 1. The maximum atomic E-state index is 11.9. The fourth-order valence-corrected chi connectivity index (χ4v) is 2.56. The average molecular weight is 291 g/mol. The molecule has 0 saturated heterocycles. The zero-order valence-corrected chi connectivity index (χ0v) is 12.3. The lowest BCUT2D eigenvalue weighted by Gasteiger charge is -2.15. The molecule has 0 atom stereocenters. The van der Waals surface area contributed by atoms with Gasteiger partial charge in [0.25, 0.3) is 0 Å². The molecular formula is C15H17NO3S. The van der Waals surface area contributed by atoms with Gasteiger partial charge in [-0.25, -0.2) is 8.42 Å². The minimum Gasteiger partial charge on any atom is -0.495 e. The highest BCUT2D eigenvalue weighted by molar-refractivity contribution is 7.92. The average Bonchev–Trinajstić information content (AvgIpc) is 2.48. The van der Waals surface area contributed by atoms with Gasteiger partial charge in [0.15, 0.2) is 0 Å². The SMILES string of the molecule is CCS(=O)(=O)Nc1c(OC)cccc1-c1ccccc1. The van der Waals surface area contributed by atoms with Crippen molar-refractivity contribution in [1.82, 2.24) is 0 Å². The van der Waals surface area contributed by atoms with E-state index in [1.165, 1.54) is 7.11 Å². The first-order valence-corrected chi connectivity index (χ1v) is 7.95. The second-order valence-corrected chi connectivity index (χ2v) is 6.27. The standard InChI is InChI=1S/C15H17NO3S/c1-3-20(17,18)16-15-13(10-7-11-14(15)19-2)12-8-5-4-6-9-12/h4-11,16H,3H2,1-2H3. The molecule has 0 aliphatic rings. The summed E-state index contributed by atoms with van der Waals surface area (Å²) in [6.07, 6.45) is 0. The number of hydrogen-bond acceptors (Lipinski definition) is 3. The third kappa shape index (κ3) is 3.11. The quantitative estimate of drug-likeness (QED) is 0.921. The predicted octanol–water partition coefficient (Wildman–Crippen LogP) is 3.12. The third-order valence-corrected chi connectivity index (χ3v) is 4.24. The summed E-state index contributed by atoms with van der Waals surface area (Å²) in [5.74, 6) is 0.516. The van der Waals surface area contributed by atoms with Gasteiger partial charge >= 0.3 is 0 Å². The number of rotatable bonds is 5. The van der Waals surface area contributed by atoms with Gasteiger partial charge in [0, 0.05) is 5.56 Å². The summed E-state index contributed by atoms with van der Waals surface area (Å²) in [5.41, 5.74) is 2.20. The van der Waals surface area contributed by atoms with E-state index < -0.39 is 10.0 Å². The summed E-state index contributed by atoms with van der Waals surface area (Å²) in [6.45, 7) is 1.60. The number of hydrogen-bond donors (Lipinski definition) is 1. The maximum Gasteiger partial charge on any atom is 0.232 e. The minimum absolute atomic E-state index is 0.0132. The molecule has 0 radical (unpaired) electrons. The van der Waals surface area contributed by atoms with Gasteiger partial charge in [-0.1, -0.05) is 42.5 Å². The fraction of sp³-hybridized carbons (Fsp3) is 0.200. The molecular weight excluding hydrogens is 274 g/mol. The van der Waals surface area contributed by atoms with Crippen LogP contribution in [0.4, 0.5) is 5.69 Å². The lowest BCUT2D eigenvalue weighted by Crippen LogP contribution is -2.16. The van der Waals surface area contributed by atoms with E-state index in [9.17, 15) is 8.42 Å². The van der Waals surface area contributed by atoms with Crippen molar-refractivity contribution in [3.8, 4) is 16.9 Å². The van der Waals surface area contributed by atoms with Crippen molar-refractivity contribution in [2.24, 2.45) is 0 Å². The van der Waals surface area contributed by atoms with Gasteiger partial charge in [0.2, 0.25) is 10.0 Å². The van der Waals surface area contributed by atoms with Gasteiger partial charge in [-0.05, 0) is 18.6 Å². The summed E-state index contributed by atoms with van der Waals surface area (Å²) in [7, 11) is -1.84. The number of nitrogens with one attached hydrogen (secondary N) is 1. The molecule has 0 bridgehead atoms. The second kappa shape index (κ2) is 5.96. The van der Waals surface area contributed by atoms with Crippen LogP contribution in [0, 0.1) is 0 Å². The molecule has 0 aliphatic heterocycles. The Kier molecular flexibility index (Phi) is 4.29. The number of benzene rings is 2. The Morgan fingerprint density at radius 3 is 2.35 bits per heavy atom. The van der Waals surface area contributed by atoms with Crippen LogP contribution >= 0.6 is 0 Å². The van der Waals surface area contributed by atoms with Crippen LogP contribution in [0.25, 0.3) is 11.1 Å². The first kappa shape index (κ1) is 14.4. The molecule has 4 nitrogen and oxygen atoms in total. The van der Waals surface area contributed by atoms with Crippen LogP contribution in [-0.2, 0) is 10.0 Å². The van der Waals surface area contributed by atoms with Crippen LogP contribution in [0.1, 0.15) is 6.92 Å². The molecule has 1 N–H and O–H groups in total. The number of methoxy groups -OCH3 is 1. The second-order valence-electron chi connectivity index (χ2n) is 4.25. The van der Waals surface area contributed by atoms with Crippen molar-refractivity contribution in [2.45, 2.75) is 6.92 Å². The van der Waals surface area contributed by atoms with Gasteiger partial charge < -0.3 is 4.74 Å². The Morgan fingerprint density at radius 2 is 1.75 bits per heavy atom. The van der Waals surface area contributed by atoms with Gasteiger partial charge in [-0.3, -0.25) is 4.72 Å². The van der Waals surface area contributed by atoms with Gasteiger partial charge in [-0.15, -0.1) is 0 Å². The molecule has 0 fully saturated rings. The lowest BCUT2D eigenvalue weighted by atomic mass is 10.0. The molecule has 0 saturated carbocycles. The van der Waals surface area contributed by atoms with Crippen LogP contribution in [-0.4, -0.2) is 21.3 Å². The molecule has 106 valence electrons. The van der Waals surface area contributed by atoms with Crippen molar-refractivity contribution >= 4 is 15.7 Å².